The molecule has 0 aromatic rings. The fourth-order valence-corrected chi connectivity index (χ4v) is 12.0. The molecular formula is C33H44O9. The van der Waals surface area contributed by atoms with E-state index in [2.05, 4.69) is 27.4 Å². The summed E-state index contributed by atoms with van der Waals surface area (Å²) < 4.78 is 24.5. The van der Waals surface area contributed by atoms with E-state index in [1.807, 2.05) is 6.92 Å². The van der Waals surface area contributed by atoms with Crippen LogP contribution >= 0.6 is 0 Å². The van der Waals surface area contributed by atoms with E-state index in [9.17, 15) is 24.3 Å². The van der Waals surface area contributed by atoms with Gasteiger partial charge in [0.2, 0.25) is 0 Å². The Morgan fingerprint density at radius 2 is 1.60 bits per heavy atom. The van der Waals surface area contributed by atoms with E-state index in [1.54, 1.807) is 0 Å². The average Bonchev–Trinajstić information content (AvgIpc) is 3.59. The van der Waals surface area contributed by atoms with Crippen molar-refractivity contribution in [2.75, 3.05) is 0 Å². The van der Waals surface area contributed by atoms with Gasteiger partial charge in [0.25, 0.3) is 0 Å². The van der Waals surface area contributed by atoms with Crippen molar-refractivity contribution in [2.45, 2.75) is 110 Å². The van der Waals surface area contributed by atoms with E-state index in [4.69, 9.17) is 18.9 Å². The highest BCUT2D eigenvalue weighted by molar-refractivity contribution is 5.85. The number of Topliss-reactive ketones (excluding diaryl/α,β-unsaturated/α-hetero) is 1. The quantitative estimate of drug-likeness (QED) is 0.225. The second-order valence-electron chi connectivity index (χ2n) is 15.5. The minimum atomic E-state index is -1.77. The average molecular weight is 585 g/mol. The molecule has 5 aliphatic carbocycles. The molecule has 7 rings (SSSR count). The van der Waals surface area contributed by atoms with E-state index >= 15 is 0 Å². The minimum Gasteiger partial charge on any atom is -0.462 e. The molecule has 9 nitrogen and oxygen atoms in total. The van der Waals surface area contributed by atoms with Crippen molar-refractivity contribution in [3.05, 3.63) is 12.2 Å². The molecule has 0 aromatic heterocycles. The molecule has 2 saturated heterocycles. The molecule has 42 heavy (non-hydrogen) atoms. The second kappa shape index (κ2) is 8.46. The number of aliphatic hydroxyl groups is 1. The number of carbonyl (C=O) groups is 4. The Balaban J connectivity index is 1.42. The van der Waals surface area contributed by atoms with Gasteiger partial charge in [-0.25, -0.2) is 4.79 Å². The summed E-state index contributed by atoms with van der Waals surface area (Å²) in [4.78, 5) is 52.8. The van der Waals surface area contributed by atoms with Crippen LogP contribution in [0.4, 0.5) is 0 Å². The van der Waals surface area contributed by atoms with Crippen molar-refractivity contribution >= 4 is 23.7 Å². The van der Waals surface area contributed by atoms with E-state index in [0.29, 0.717) is 25.7 Å². The lowest BCUT2D eigenvalue weighted by Gasteiger charge is -2.62. The van der Waals surface area contributed by atoms with E-state index in [0.717, 1.165) is 5.57 Å². The van der Waals surface area contributed by atoms with Crippen molar-refractivity contribution < 1.29 is 43.2 Å². The Morgan fingerprint density at radius 3 is 2.24 bits per heavy atom. The number of ether oxygens (including phenoxy) is 4. The molecule has 9 heteroatoms. The molecule has 5 saturated carbocycles. The van der Waals surface area contributed by atoms with E-state index < -0.39 is 52.1 Å². The van der Waals surface area contributed by atoms with Gasteiger partial charge in [0, 0.05) is 54.3 Å². The first-order valence-corrected chi connectivity index (χ1v) is 15.6. The predicted molar refractivity (Wildman–Crippen MR) is 147 cm³/mol. The van der Waals surface area contributed by atoms with Crippen LogP contribution in [0.2, 0.25) is 0 Å². The number of ketones is 1. The molecule has 7 aliphatic rings. The summed E-state index contributed by atoms with van der Waals surface area (Å²) in [6.07, 6.45) is -0.0168. The van der Waals surface area contributed by atoms with E-state index in [1.165, 1.54) is 20.8 Å². The van der Waals surface area contributed by atoms with Crippen LogP contribution in [0.25, 0.3) is 0 Å². The first-order chi connectivity index (χ1) is 19.5. The smallest absolute Gasteiger partial charge is 0.339 e. The van der Waals surface area contributed by atoms with Crippen molar-refractivity contribution in [1.29, 1.82) is 0 Å². The lowest BCUT2D eigenvalue weighted by atomic mass is 9.42. The fourth-order valence-electron chi connectivity index (χ4n) is 12.0. The Hall–Kier alpha value is -2.26. The molecule has 0 aromatic carbocycles. The maximum atomic E-state index is 14.1. The van der Waals surface area contributed by atoms with Crippen LogP contribution in [0.3, 0.4) is 0 Å². The summed E-state index contributed by atoms with van der Waals surface area (Å²) in [5.74, 6) is -2.54. The van der Waals surface area contributed by atoms with Crippen molar-refractivity contribution in [3.63, 3.8) is 0 Å². The molecule has 0 radical (unpaired) electrons. The first kappa shape index (κ1) is 28.5. The monoisotopic (exact) mass is 584 g/mol. The third-order valence-electron chi connectivity index (χ3n) is 13.9. The number of rotatable bonds is 2. The summed E-state index contributed by atoms with van der Waals surface area (Å²) in [5, 5.41) is 11.7. The molecule has 2 aliphatic heterocycles. The van der Waals surface area contributed by atoms with Crippen molar-refractivity contribution in [1.82, 2.24) is 0 Å². The predicted octanol–water partition coefficient (Wildman–Crippen LogP) is 3.40. The SMILES string of the molecule is C=C1C[C@@H](C)[C@H]2[C@H]3[C@H](OC(=O)[C@@](C)(O)[C@@]13C)[C@H]1[C@@H]3CC(=O)[C@H]4C[C@@H]5O[C@@H]5[C@H](OC(C)=O)[C@]4(C)[C@H]3C[C@H](OC(C)=O)[C@@]12C. The zero-order valence-electron chi connectivity index (χ0n) is 25.7. The maximum absolute atomic E-state index is 14.1. The first-order valence-electron chi connectivity index (χ1n) is 15.6. The van der Waals surface area contributed by atoms with Crippen LogP contribution in [0.1, 0.15) is 74.1 Å². The van der Waals surface area contributed by atoms with Crippen LogP contribution in [-0.2, 0) is 38.1 Å². The summed E-state index contributed by atoms with van der Waals surface area (Å²) in [6.45, 7) is 17.1. The van der Waals surface area contributed by atoms with Crippen LogP contribution in [0.15, 0.2) is 12.2 Å². The van der Waals surface area contributed by atoms with Crippen LogP contribution < -0.4 is 0 Å². The Bertz CT molecular complexity index is 1300. The summed E-state index contributed by atoms with van der Waals surface area (Å²) >= 11 is 0. The third kappa shape index (κ3) is 3.17. The van der Waals surface area contributed by atoms with Gasteiger partial charge in [0.05, 0.1) is 6.10 Å². The number of hydrogen-bond acceptors (Lipinski definition) is 9. The molecule has 0 bridgehead atoms. The van der Waals surface area contributed by atoms with Crippen LogP contribution in [0.5, 0.6) is 0 Å². The van der Waals surface area contributed by atoms with Crippen LogP contribution in [-0.4, -0.2) is 64.9 Å². The van der Waals surface area contributed by atoms with E-state index in [-0.39, 0.29) is 65.4 Å². The van der Waals surface area contributed by atoms with Crippen molar-refractivity contribution in [2.24, 2.45) is 57.7 Å². The highest BCUT2D eigenvalue weighted by Gasteiger charge is 2.80. The minimum absolute atomic E-state index is 0.0553. The Kier molecular flexibility index (Phi) is 5.75. The largest absolute Gasteiger partial charge is 0.462 e. The lowest BCUT2D eigenvalue weighted by molar-refractivity contribution is -0.229. The van der Waals surface area contributed by atoms with Gasteiger partial charge in [0.15, 0.2) is 5.60 Å². The molecule has 2 heterocycles. The van der Waals surface area contributed by atoms with Crippen LogP contribution in [0, 0.1) is 57.7 Å². The number of carbonyl (C=O) groups excluding carboxylic acids is 4. The molecule has 7 fully saturated rings. The van der Waals surface area contributed by atoms with Gasteiger partial charge in [-0.1, -0.05) is 39.8 Å². The van der Waals surface area contributed by atoms with Gasteiger partial charge in [-0.15, -0.1) is 0 Å². The second-order valence-corrected chi connectivity index (χ2v) is 15.5. The highest BCUT2D eigenvalue weighted by atomic mass is 16.6. The van der Waals surface area contributed by atoms with Crippen molar-refractivity contribution in [3.8, 4) is 0 Å². The molecule has 1 N–H and O–H groups in total. The molecule has 230 valence electrons. The number of epoxide rings is 1. The maximum Gasteiger partial charge on any atom is 0.339 e. The van der Waals surface area contributed by atoms with Gasteiger partial charge in [-0.2, -0.15) is 0 Å². The third-order valence-corrected chi connectivity index (χ3v) is 13.9. The zero-order valence-corrected chi connectivity index (χ0v) is 25.7. The van der Waals surface area contributed by atoms with Gasteiger partial charge in [-0.05, 0) is 49.9 Å². The van der Waals surface area contributed by atoms with Gasteiger partial charge in [-0.3, -0.25) is 14.4 Å². The number of esters is 3. The topological polar surface area (TPSA) is 129 Å². The molecule has 0 unspecified atom stereocenters. The Morgan fingerprint density at radius 1 is 0.929 bits per heavy atom. The summed E-state index contributed by atoms with van der Waals surface area (Å²) in [7, 11) is 0. The molecular weight excluding hydrogens is 540 g/mol. The van der Waals surface area contributed by atoms with Gasteiger partial charge in [0.1, 0.15) is 30.2 Å². The lowest BCUT2D eigenvalue weighted by Crippen LogP contribution is -2.67. The fraction of sp³-hybridized carbons (Fsp3) is 0.818. The highest BCUT2D eigenvalue weighted by Crippen LogP contribution is 2.76. The zero-order chi connectivity index (χ0) is 30.5. The summed E-state index contributed by atoms with van der Waals surface area (Å²) in [6, 6.07) is 0. The Labute approximate surface area is 247 Å². The molecule has 16 atom stereocenters. The van der Waals surface area contributed by atoms with Gasteiger partial charge < -0.3 is 24.1 Å². The number of hydrogen-bond donors (Lipinski definition) is 1. The molecule has 0 amide bonds. The molecule has 0 spiro atoms. The van der Waals surface area contributed by atoms with Gasteiger partial charge >= 0.3 is 17.9 Å². The summed E-state index contributed by atoms with van der Waals surface area (Å²) in [5.41, 5.74) is -3.26. The number of fused-ring (bicyclic) bond motifs is 8. The normalized spacial score (nSPS) is 57.0. The standard InChI is InChI=1S/C33H44O9/c1-13-9-14(2)32(7)25-23(13)31(6)22(39-15(3)34)12-18-17(24(31)27(25)42-29(37)33(32,8)38)10-20(36)19-11-21-26(41-21)28(30(18,19)5)40-16(4)35/h13,17-19,21-28,38H,2,9-12H2,1,3-8H3/t13-,17-,18+,19-,21+,22+,23+,24-,25+,26+,27-,28+,30-,31-,32+,33-/m1/s1.